The van der Waals surface area contributed by atoms with Crippen molar-refractivity contribution in [3.63, 3.8) is 0 Å². The molecule has 33 heavy (non-hydrogen) atoms. The number of nitrogens with one attached hydrogen (secondary N) is 1. The van der Waals surface area contributed by atoms with Crippen LogP contribution in [0.1, 0.15) is 16.7 Å². The van der Waals surface area contributed by atoms with Crippen molar-refractivity contribution in [3.05, 3.63) is 70.5 Å². The van der Waals surface area contributed by atoms with Gasteiger partial charge in [0.2, 0.25) is 5.95 Å². The second-order valence-electron chi connectivity index (χ2n) is 6.94. The predicted octanol–water partition coefficient (Wildman–Crippen LogP) is 5.41. The summed E-state index contributed by atoms with van der Waals surface area (Å²) in [7, 11) is -4.49. The number of sulfone groups is 1. The lowest BCUT2D eigenvalue weighted by Crippen LogP contribution is -2.16. The third-order valence-electron chi connectivity index (χ3n) is 4.67. The smallest absolute Gasteiger partial charge is 0.322 e. The van der Waals surface area contributed by atoms with Crippen LogP contribution >= 0.6 is 11.6 Å². The largest absolute Gasteiger partial charge is 0.416 e. The minimum Gasteiger partial charge on any atom is -0.322 e. The predicted molar refractivity (Wildman–Crippen MR) is 106 cm³/mol. The van der Waals surface area contributed by atoms with Crippen LogP contribution in [0.25, 0.3) is 17.0 Å². The minimum absolute atomic E-state index is 0.110. The summed E-state index contributed by atoms with van der Waals surface area (Å²) < 4.78 is 106. The van der Waals surface area contributed by atoms with Gasteiger partial charge in [-0.3, -0.25) is 0 Å². The maximum Gasteiger partial charge on any atom is 0.416 e. The number of hydrogen-bond acceptors (Lipinski definition) is 4. The zero-order valence-electron chi connectivity index (χ0n) is 16.0. The summed E-state index contributed by atoms with van der Waals surface area (Å²) in [5, 5.41) is 3.67. The molecule has 0 spiro atoms. The highest BCUT2D eigenvalue weighted by Gasteiger charge is 2.39. The van der Waals surface area contributed by atoms with Crippen LogP contribution in [0.5, 0.6) is 0 Å². The van der Waals surface area contributed by atoms with E-state index >= 15 is 0 Å². The van der Waals surface area contributed by atoms with Crippen LogP contribution in [0.3, 0.4) is 0 Å². The van der Waals surface area contributed by atoms with Crippen LogP contribution in [0.4, 0.5) is 26.3 Å². The molecule has 0 atom stereocenters. The molecule has 0 radical (unpaired) electrons. The number of imidazole rings is 1. The van der Waals surface area contributed by atoms with E-state index in [4.69, 9.17) is 11.6 Å². The molecule has 0 saturated carbocycles. The van der Waals surface area contributed by atoms with Gasteiger partial charge in [0.25, 0.3) is 0 Å². The van der Waals surface area contributed by atoms with Crippen molar-refractivity contribution < 1.29 is 34.8 Å². The summed E-state index contributed by atoms with van der Waals surface area (Å²) in [6, 6.07) is 4.73. The molecule has 0 aliphatic heterocycles. The summed E-state index contributed by atoms with van der Waals surface area (Å²) in [5.41, 5.74) is -3.59. The first-order valence-electron chi connectivity index (χ1n) is 8.95. The average Bonchev–Trinajstić information content (AvgIpc) is 3.34. The molecule has 4 aromatic rings. The molecule has 0 bridgehead atoms. The first-order chi connectivity index (χ1) is 15.3. The second kappa shape index (κ2) is 7.76. The Bertz CT molecular complexity index is 1440. The van der Waals surface area contributed by atoms with Gasteiger partial charge in [0.05, 0.1) is 37.8 Å². The highest BCUT2D eigenvalue weighted by atomic mass is 35.5. The first-order valence-corrected chi connectivity index (χ1v) is 11.0. The third-order valence-corrected chi connectivity index (χ3v) is 6.79. The maximum absolute atomic E-state index is 13.4. The van der Waals surface area contributed by atoms with Crippen LogP contribution in [-0.2, 0) is 27.9 Å². The van der Waals surface area contributed by atoms with Crippen molar-refractivity contribution in [2.24, 2.45) is 0 Å². The number of fused-ring (bicyclic) bond motifs is 1. The SMILES string of the molecule is O=S(=O)(Cc1ccc(C(F)(F)F)cc1C(F)(F)F)c1cc2[nH]c(-n3cccn3)nc2cc1Cl. The molecule has 0 aliphatic carbocycles. The van der Waals surface area contributed by atoms with Gasteiger partial charge >= 0.3 is 12.4 Å². The van der Waals surface area contributed by atoms with Crippen molar-refractivity contribution in [1.82, 2.24) is 19.7 Å². The van der Waals surface area contributed by atoms with Crippen LogP contribution in [0.15, 0.2) is 53.7 Å². The standard InChI is InChI=1S/C19H11ClF6N4O2S/c20-13-7-14-15(29-17(28-14)30-5-1-4-27-30)8-16(13)33(31,32)9-10-2-3-11(18(21,22)23)6-12(10)19(24,25)26/h1-8H,9H2,(H,28,29). The van der Waals surface area contributed by atoms with E-state index in [1.54, 1.807) is 12.3 Å². The minimum atomic E-state index is -5.21. The number of aromatic nitrogens is 4. The fourth-order valence-electron chi connectivity index (χ4n) is 3.16. The van der Waals surface area contributed by atoms with E-state index < -0.39 is 49.5 Å². The molecule has 2 heterocycles. The molecular formula is C19H11ClF6N4O2S. The van der Waals surface area contributed by atoms with E-state index in [0.717, 1.165) is 6.07 Å². The topological polar surface area (TPSA) is 80.6 Å². The van der Waals surface area contributed by atoms with Crippen LogP contribution in [0.2, 0.25) is 5.02 Å². The Balaban J connectivity index is 1.77. The van der Waals surface area contributed by atoms with Gasteiger partial charge in [-0.05, 0) is 35.9 Å². The van der Waals surface area contributed by atoms with Gasteiger partial charge < -0.3 is 4.98 Å². The van der Waals surface area contributed by atoms with E-state index in [-0.39, 0.29) is 28.1 Å². The van der Waals surface area contributed by atoms with Crippen molar-refractivity contribution in [1.29, 1.82) is 0 Å². The molecule has 0 amide bonds. The van der Waals surface area contributed by atoms with Crippen LogP contribution < -0.4 is 0 Å². The highest BCUT2D eigenvalue weighted by Crippen LogP contribution is 2.39. The van der Waals surface area contributed by atoms with Crippen molar-refractivity contribution in [3.8, 4) is 5.95 Å². The van der Waals surface area contributed by atoms with Crippen LogP contribution in [-0.4, -0.2) is 28.2 Å². The summed E-state index contributed by atoms with van der Waals surface area (Å²) in [4.78, 5) is 6.54. The van der Waals surface area contributed by atoms with E-state index in [9.17, 15) is 34.8 Å². The van der Waals surface area contributed by atoms with E-state index in [0.29, 0.717) is 12.1 Å². The Morgan fingerprint density at radius 2 is 1.76 bits per heavy atom. The van der Waals surface area contributed by atoms with Crippen molar-refractivity contribution in [2.45, 2.75) is 23.0 Å². The second-order valence-corrected chi connectivity index (χ2v) is 9.30. The number of benzene rings is 2. The van der Waals surface area contributed by atoms with Crippen molar-refractivity contribution in [2.75, 3.05) is 0 Å². The molecule has 14 heteroatoms. The van der Waals surface area contributed by atoms with Gasteiger partial charge in [-0.15, -0.1) is 0 Å². The third kappa shape index (κ3) is 4.55. The molecule has 4 rings (SSSR count). The summed E-state index contributed by atoms with van der Waals surface area (Å²) >= 11 is 6.08. The number of halogens is 7. The number of H-pyrrole nitrogens is 1. The zero-order chi connectivity index (χ0) is 24.2. The van der Waals surface area contributed by atoms with Gasteiger partial charge in [-0.2, -0.15) is 31.4 Å². The maximum atomic E-state index is 13.4. The fraction of sp³-hybridized carbons (Fsp3) is 0.158. The Labute approximate surface area is 186 Å². The van der Waals surface area contributed by atoms with Gasteiger partial charge in [-0.1, -0.05) is 17.7 Å². The van der Waals surface area contributed by atoms with Crippen LogP contribution in [0, 0.1) is 0 Å². The first kappa shape index (κ1) is 23.1. The molecule has 2 aromatic heterocycles. The molecule has 174 valence electrons. The lowest BCUT2D eigenvalue weighted by molar-refractivity contribution is -0.143. The summed E-state index contributed by atoms with van der Waals surface area (Å²) in [6.07, 6.45) is -7.18. The Morgan fingerprint density at radius 3 is 2.36 bits per heavy atom. The average molecular weight is 509 g/mol. The van der Waals surface area contributed by atoms with Gasteiger partial charge in [0, 0.05) is 12.4 Å². The van der Waals surface area contributed by atoms with Gasteiger partial charge in [0.1, 0.15) is 0 Å². The lowest BCUT2D eigenvalue weighted by atomic mass is 10.0. The number of hydrogen-bond donors (Lipinski definition) is 1. The number of nitrogens with zero attached hydrogens (tertiary/aromatic N) is 3. The van der Waals surface area contributed by atoms with E-state index in [2.05, 4.69) is 15.1 Å². The zero-order valence-corrected chi connectivity index (χ0v) is 17.6. The number of aromatic amines is 1. The molecule has 2 aromatic carbocycles. The molecule has 6 nitrogen and oxygen atoms in total. The molecule has 0 saturated heterocycles. The Morgan fingerprint density at radius 1 is 1.03 bits per heavy atom. The summed E-state index contributed by atoms with van der Waals surface area (Å²) in [5.74, 6) is -0.978. The van der Waals surface area contributed by atoms with E-state index in [1.165, 1.54) is 16.9 Å². The Kier molecular flexibility index (Phi) is 5.44. The van der Waals surface area contributed by atoms with E-state index in [1.807, 2.05) is 0 Å². The van der Waals surface area contributed by atoms with Crippen molar-refractivity contribution >= 4 is 32.5 Å². The molecule has 0 unspecified atom stereocenters. The quantitative estimate of drug-likeness (QED) is 0.374. The molecule has 0 fully saturated rings. The number of rotatable bonds is 4. The highest BCUT2D eigenvalue weighted by molar-refractivity contribution is 7.90. The molecular weight excluding hydrogens is 498 g/mol. The molecule has 0 aliphatic rings. The normalized spacial score (nSPS) is 13.1. The van der Waals surface area contributed by atoms with Gasteiger partial charge in [-0.25, -0.2) is 18.1 Å². The number of alkyl halides is 6. The summed E-state index contributed by atoms with van der Waals surface area (Å²) in [6.45, 7) is 0. The monoisotopic (exact) mass is 508 g/mol. The fourth-order valence-corrected chi connectivity index (χ4v) is 5.14. The Hall–Kier alpha value is -3.06. The van der Waals surface area contributed by atoms with Gasteiger partial charge in [0.15, 0.2) is 9.84 Å². The molecule has 1 N–H and O–H groups in total. The lowest BCUT2D eigenvalue weighted by Gasteiger charge is -2.16.